The van der Waals surface area contributed by atoms with Crippen molar-refractivity contribution in [1.29, 1.82) is 0 Å². The highest BCUT2D eigenvalue weighted by molar-refractivity contribution is 7.13. The molecule has 2 rings (SSSR count). The molecule has 0 radical (unpaired) electrons. The summed E-state index contributed by atoms with van der Waals surface area (Å²) in [5.41, 5.74) is 0. The zero-order valence-corrected chi connectivity index (χ0v) is 9.51. The number of carbonyl (C=O) groups is 1. The minimum Gasteiger partial charge on any atom is -0.347 e. The molecule has 4 heteroatoms. The Balaban J connectivity index is 0.000000461. The summed E-state index contributed by atoms with van der Waals surface area (Å²) in [4.78, 5) is 17.3. The molecule has 0 unspecified atom stereocenters. The lowest BCUT2D eigenvalue weighted by Crippen LogP contribution is -2.33. The Morgan fingerprint density at radius 2 is 2.00 bits per heavy atom. The maximum atomic E-state index is 10.9. The second-order valence-electron chi connectivity index (χ2n) is 2.84. The number of thiazole rings is 1. The third-order valence-electron chi connectivity index (χ3n) is 2.01. The van der Waals surface area contributed by atoms with Crippen molar-refractivity contribution in [3.63, 3.8) is 0 Å². The third kappa shape index (κ3) is 2.80. The van der Waals surface area contributed by atoms with Crippen molar-refractivity contribution in [3.05, 3.63) is 11.6 Å². The second kappa shape index (κ2) is 5.75. The number of rotatable bonds is 1. The van der Waals surface area contributed by atoms with Crippen LogP contribution in [0.5, 0.6) is 0 Å². The molecule has 1 saturated heterocycles. The number of hydrogen-bond donors (Lipinski definition) is 0. The Morgan fingerprint density at radius 3 is 2.50 bits per heavy atom. The van der Waals surface area contributed by atoms with Crippen molar-refractivity contribution < 1.29 is 4.79 Å². The normalized spacial score (nSPS) is 16.1. The van der Waals surface area contributed by atoms with Gasteiger partial charge in [0.15, 0.2) is 5.13 Å². The lowest BCUT2D eigenvalue weighted by atomic mass is 10.1. The molecule has 2 heterocycles. The van der Waals surface area contributed by atoms with E-state index < -0.39 is 0 Å². The van der Waals surface area contributed by atoms with Gasteiger partial charge >= 0.3 is 0 Å². The number of nitrogens with zero attached hydrogens (tertiary/aromatic N) is 2. The third-order valence-corrected chi connectivity index (χ3v) is 2.84. The van der Waals surface area contributed by atoms with Crippen molar-refractivity contribution in [2.24, 2.45) is 0 Å². The largest absolute Gasteiger partial charge is 0.347 e. The highest BCUT2D eigenvalue weighted by atomic mass is 32.1. The van der Waals surface area contributed by atoms with E-state index in [4.69, 9.17) is 0 Å². The van der Waals surface area contributed by atoms with Crippen LogP contribution in [0.1, 0.15) is 26.7 Å². The van der Waals surface area contributed by atoms with Crippen molar-refractivity contribution in [2.75, 3.05) is 18.0 Å². The summed E-state index contributed by atoms with van der Waals surface area (Å²) in [6.07, 6.45) is 3.16. The quantitative estimate of drug-likeness (QED) is 0.716. The topological polar surface area (TPSA) is 33.2 Å². The predicted molar refractivity (Wildman–Crippen MR) is 59.9 cm³/mol. The number of hydrogen-bond acceptors (Lipinski definition) is 4. The van der Waals surface area contributed by atoms with E-state index in [0.717, 1.165) is 18.2 Å². The number of ketones is 1. The van der Waals surface area contributed by atoms with Crippen LogP contribution in [0.15, 0.2) is 11.6 Å². The van der Waals surface area contributed by atoms with Gasteiger partial charge in [0, 0.05) is 37.5 Å². The molecular weight excluding hydrogens is 196 g/mol. The van der Waals surface area contributed by atoms with Gasteiger partial charge in [-0.1, -0.05) is 13.8 Å². The Kier molecular flexibility index (Phi) is 4.59. The van der Waals surface area contributed by atoms with E-state index in [1.807, 2.05) is 19.2 Å². The van der Waals surface area contributed by atoms with Gasteiger partial charge in [0.05, 0.1) is 0 Å². The van der Waals surface area contributed by atoms with Gasteiger partial charge in [-0.05, 0) is 0 Å². The molecule has 0 aromatic carbocycles. The molecule has 0 amide bonds. The molecule has 0 atom stereocenters. The zero-order valence-electron chi connectivity index (χ0n) is 8.69. The van der Waals surface area contributed by atoms with Crippen LogP contribution in [-0.2, 0) is 4.79 Å². The van der Waals surface area contributed by atoms with Crippen LogP contribution in [0, 0.1) is 0 Å². The summed E-state index contributed by atoms with van der Waals surface area (Å²) < 4.78 is 0. The van der Waals surface area contributed by atoms with Gasteiger partial charge in [-0.25, -0.2) is 4.98 Å². The average Bonchev–Trinajstić information content (AvgIpc) is 2.75. The Morgan fingerprint density at radius 1 is 1.36 bits per heavy atom. The smallest absolute Gasteiger partial charge is 0.185 e. The van der Waals surface area contributed by atoms with E-state index in [9.17, 15) is 4.79 Å². The van der Waals surface area contributed by atoms with E-state index in [2.05, 4.69) is 9.88 Å². The first-order valence-corrected chi connectivity index (χ1v) is 5.90. The van der Waals surface area contributed by atoms with Crippen LogP contribution >= 0.6 is 11.3 Å². The van der Waals surface area contributed by atoms with Gasteiger partial charge in [0.2, 0.25) is 0 Å². The van der Waals surface area contributed by atoms with Crippen molar-refractivity contribution >= 4 is 22.3 Å². The minimum atomic E-state index is 0.378. The number of Topliss-reactive ketones (excluding diaryl/α,β-unsaturated/α-hetero) is 1. The van der Waals surface area contributed by atoms with Crippen LogP contribution in [0.4, 0.5) is 5.13 Å². The highest BCUT2D eigenvalue weighted by Crippen LogP contribution is 2.20. The molecule has 0 bridgehead atoms. The van der Waals surface area contributed by atoms with Crippen molar-refractivity contribution in [2.45, 2.75) is 26.7 Å². The molecule has 1 aromatic heterocycles. The standard InChI is InChI=1S/C8H10N2OS.C2H6/c11-7-1-4-10(5-2-7)8-9-3-6-12-8;1-2/h3,6H,1-2,4-5H2;1-2H3. The van der Waals surface area contributed by atoms with Crippen LogP contribution in [-0.4, -0.2) is 23.9 Å². The van der Waals surface area contributed by atoms with Crippen molar-refractivity contribution in [1.82, 2.24) is 4.98 Å². The predicted octanol–water partition coefficient (Wildman–Crippen LogP) is 2.34. The molecule has 1 aliphatic heterocycles. The molecule has 0 saturated carbocycles. The second-order valence-corrected chi connectivity index (χ2v) is 3.71. The Labute approximate surface area is 88.8 Å². The van der Waals surface area contributed by atoms with Crippen LogP contribution in [0.25, 0.3) is 0 Å². The molecule has 3 nitrogen and oxygen atoms in total. The van der Waals surface area contributed by atoms with Gasteiger partial charge < -0.3 is 4.90 Å². The first kappa shape index (κ1) is 11.2. The molecule has 78 valence electrons. The van der Waals surface area contributed by atoms with Gasteiger partial charge in [0.25, 0.3) is 0 Å². The average molecular weight is 212 g/mol. The van der Waals surface area contributed by atoms with Gasteiger partial charge in [-0.3, -0.25) is 4.79 Å². The summed E-state index contributed by atoms with van der Waals surface area (Å²) in [6, 6.07) is 0. The summed E-state index contributed by atoms with van der Waals surface area (Å²) in [5, 5.41) is 3.01. The number of piperidine rings is 1. The molecule has 1 aliphatic rings. The van der Waals surface area contributed by atoms with E-state index in [1.165, 1.54) is 0 Å². The zero-order chi connectivity index (χ0) is 10.4. The maximum absolute atomic E-state index is 10.9. The SMILES string of the molecule is CC.O=C1CCN(c2nccs2)CC1. The van der Waals surface area contributed by atoms with E-state index in [-0.39, 0.29) is 0 Å². The fraction of sp³-hybridized carbons (Fsp3) is 0.600. The summed E-state index contributed by atoms with van der Waals surface area (Å²) in [7, 11) is 0. The summed E-state index contributed by atoms with van der Waals surface area (Å²) in [5.74, 6) is 0.378. The van der Waals surface area contributed by atoms with Crippen LogP contribution in [0.2, 0.25) is 0 Å². The first-order chi connectivity index (χ1) is 6.86. The van der Waals surface area contributed by atoms with E-state index >= 15 is 0 Å². The van der Waals surface area contributed by atoms with Gasteiger partial charge in [0.1, 0.15) is 5.78 Å². The molecular formula is C10H16N2OS. The Hall–Kier alpha value is -0.900. The number of aromatic nitrogens is 1. The minimum absolute atomic E-state index is 0.378. The monoisotopic (exact) mass is 212 g/mol. The van der Waals surface area contributed by atoms with E-state index in [1.54, 1.807) is 17.5 Å². The number of carbonyl (C=O) groups excluding carboxylic acids is 1. The Bertz CT molecular complexity index is 262. The fourth-order valence-corrected chi connectivity index (χ4v) is 2.02. The van der Waals surface area contributed by atoms with Crippen LogP contribution in [0.3, 0.4) is 0 Å². The first-order valence-electron chi connectivity index (χ1n) is 5.02. The molecule has 1 fully saturated rings. The fourth-order valence-electron chi connectivity index (χ4n) is 1.32. The number of anilines is 1. The molecule has 0 aliphatic carbocycles. The lowest BCUT2D eigenvalue weighted by Gasteiger charge is -2.24. The van der Waals surface area contributed by atoms with Crippen molar-refractivity contribution in [3.8, 4) is 0 Å². The van der Waals surface area contributed by atoms with Gasteiger partial charge in [-0.15, -0.1) is 11.3 Å². The van der Waals surface area contributed by atoms with Gasteiger partial charge in [-0.2, -0.15) is 0 Å². The summed E-state index contributed by atoms with van der Waals surface area (Å²) >= 11 is 1.63. The molecule has 14 heavy (non-hydrogen) atoms. The van der Waals surface area contributed by atoms with Crippen LogP contribution < -0.4 is 4.90 Å². The molecule has 1 aromatic rings. The molecule has 0 spiro atoms. The lowest BCUT2D eigenvalue weighted by molar-refractivity contribution is -0.119. The molecule has 0 N–H and O–H groups in total. The maximum Gasteiger partial charge on any atom is 0.185 e. The highest BCUT2D eigenvalue weighted by Gasteiger charge is 2.17. The summed E-state index contributed by atoms with van der Waals surface area (Å²) in [6.45, 7) is 5.68. The van der Waals surface area contributed by atoms with E-state index in [0.29, 0.717) is 18.6 Å².